The summed E-state index contributed by atoms with van der Waals surface area (Å²) < 4.78 is 39.0. The topological polar surface area (TPSA) is 49.7 Å². The van der Waals surface area contributed by atoms with Crippen LogP contribution in [0.25, 0.3) is 0 Å². The number of nitrogens with zero attached hydrogens (tertiary/aromatic N) is 2. The number of hydrogen-bond acceptors (Lipinski definition) is 3. The van der Waals surface area contributed by atoms with Gasteiger partial charge in [0.1, 0.15) is 17.9 Å². The summed E-state index contributed by atoms with van der Waals surface area (Å²) in [6.45, 7) is -0.629. The molecule has 0 N–H and O–H groups in total. The maximum atomic E-state index is 12.3. The van der Waals surface area contributed by atoms with Crippen molar-refractivity contribution in [1.82, 2.24) is 0 Å². The largest absolute Gasteiger partial charge is 0.328 e. The molecule has 17 heavy (non-hydrogen) atoms. The average molecular weight is 297 g/mol. The smallest absolute Gasteiger partial charge is 0.285 e. The van der Waals surface area contributed by atoms with E-state index in [9.17, 15) is 12.8 Å². The minimum atomic E-state index is -3.77. The van der Waals surface area contributed by atoms with Gasteiger partial charge in [-0.2, -0.15) is 8.42 Å². The molecule has 0 fully saturated rings. The number of sulfonamides is 1. The minimum absolute atomic E-state index is 0.00395. The van der Waals surface area contributed by atoms with E-state index >= 15 is 0 Å². The Labute approximate surface area is 108 Å². The lowest BCUT2D eigenvalue weighted by Crippen LogP contribution is -2.29. The lowest BCUT2D eigenvalue weighted by atomic mass is 10.3. The molecular weight excluding hydrogens is 290 g/mol. The molecule has 0 saturated heterocycles. The second-order valence-corrected chi connectivity index (χ2v) is 5.73. The first-order chi connectivity index (χ1) is 7.95. The number of rotatable bonds is 2. The molecule has 0 bridgehead atoms. The molecule has 1 heterocycles. The number of alkyl halides is 1. The summed E-state index contributed by atoms with van der Waals surface area (Å²) in [7, 11) is -3.77. The zero-order valence-corrected chi connectivity index (χ0v) is 10.7. The van der Waals surface area contributed by atoms with Gasteiger partial charge in [0.25, 0.3) is 10.0 Å². The standard InChI is InChI=1S/C9H7Cl2FN2O2S/c10-6-3-8-9(4-7(6)11)17(15,16)13-5-14(8)2-1-12/h3-5H,1-2H2. The fourth-order valence-electron chi connectivity index (χ4n) is 1.46. The highest BCUT2D eigenvalue weighted by molar-refractivity contribution is 7.90. The Morgan fingerprint density at radius 2 is 1.94 bits per heavy atom. The van der Waals surface area contributed by atoms with Gasteiger partial charge < -0.3 is 4.90 Å². The first-order valence-corrected chi connectivity index (χ1v) is 6.77. The predicted molar refractivity (Wildman–Crippen MR) is 65.5 cm³/mol. The third-order valence-corrected chi connectivity index (χ3v) is 4.22. The Kier molecular flexibility index (Phi) is 3.29. The van der Waals surface area contributed by atoms with Crippen molar-refractivity contribution in [3.8, 4) is 0 Å². The van der Waals surface area contributed by atoms with Gasteiger partial charge in [0.2, 0.25) is 0 Å². The highest BCUT2D eigenvalue weighted by Crippen LogP contribution is 2.36. The highest BCUT2D eigenvalue weighted by Gasteiger charge is 2.26. The molecule has 0 amide bonds. The Balaban J connectivity index is 2.65. The molecular formula is C9H7Cl2FN2O2S. The van der Waals surface area contributed by atoms with Crippen LogP contribution < -0.4 is 4.90 Å². The Morgan fingerprint density at radius 3 is 2.59 bits per heavy atom. The van der Waals surface area contributed by atoms with Crippen molar-refractivity contribution in [3.63, 3.8) is 0 Å². The van der Waals surface area contributed by atoms with E-state index in [1.54, 1.807) is 0 Å². The monoisotopic (exact) mass is 296 g/mol. The van der Waals surface area contributed by atoms with Crippen LogP contribution in [0.1, 0.15) is 0 Å². The van der Waals surface area contributed by atoms with Gasteiger partial charge in [-0.3, -0.25) is 0 Å². The van der Waals surface area contributed by atoms with Crippen LogP contribution in [0.3, 0.4) is 0 Å². The molecule has 8 heteroatoms. The summed E-state index contributed by atoms with van der Waals surface area (Å²) in [4.78, 5) is 1.31. The van der Waals surface area contributed by atoms with E-state index in [1.807, 2.05) is 0 Å². The fraction of sp³-hybridized carbons (Fsp3) is 0.222. The van der Waals surface area contributed by atoms with Gasteiger partial charge >= 0.3 is 0 Å². The van der Waals surface area contributed by atoms with Crippen molar-refractivity contribution in [2.75, 3.05) is 18.1 Å². The van der Waals surface area contributed by atoms with Crippen LogP contribution in [0, 0.1) is 0 Å². The van der Waals surface area contributed by atoms with Gasteiger partial charge in [-0.25, -0.2) is 4.39 Å². The summed E-state index contributed by atoms with van der Waals surface area (Å²) in [6, 6.07) is 2.61. The number of fused-ring (bicyclic) bond motifs is 1. The number of halogens is 3. The molecule has 0 spiro atoms. The molecule has 2 rings (SSSR count). The van der Waals surface area contributed by atoms with E-state index in [2.05, 4.69) is 4.40 Å². The van der Waals surface area contributed by atoms with Crippen LogP contribution in [-0.4, -0.2) is 28.0 Å². The summed E-state index contributed by atoms with van der Waals surface area (Å²) >= 11 is 11.6. The second kappa shape index (κ2) is 4.44. The van der Waals surface area contributed by atoms with Crippen LogP contribution in [0.4, 0.5) is 10.1 Å². The van der Waals surface area contributed by atoms with Gasteiger partial charge in [-0.15, -0.1) is 4.40 Å². The zero-order chi connectivity index (χ0) is 12.6. The van der Waals surface area contributed by atoms with E-state index in [-0.39, 0.29) is 27.2 Å². The quantitative estimate of drug-likeness (QED) is 0.842. The van der Waals surface area contributed by atoms with Crippen LogP contribution in [0.2, 0.25) is 10.0 Å². The zero-order valence-electron chi connectivity index (χ0n) is 8.40. The van der Waals surface area contributed by atoms with Crippen molar-refractivity contribution in [2.24, 2.45) is 4.40 Å². The van der Waals surface area contributed by atoms with Gasteiger partial charge in [0.15, 0.2) is 0 Å². The summed E-state index contributed by atoms with van der Waals surface area (Å²) in [5.74, 6) is 0. The Hall–Kier alpha value is -0.850. The van der Waals surface area contributed by atoms with Crippen LogP contribution in [0.15, 0.2) is 21.4 Å². The van der Waals surface area contributed by atoms with Crippen LogP contribution in [-0.2, 0) is 10.0 Å². The molecule has 1 aromatic rings. The van der Waals surface area contributed by atoms with E-state index in [0.29, 0.717) is 0 Å². The molecule has 4 nitrogen and oxygen atoms in total. The van der Waals surface area contributed by atoms with Crippen molar-refractivity contribution >= 4 is 45.3 Å². The molecule has 1 aromatic carbocycles. The van der Waals surface area contributed by atoms with Gasteiger partial charge in [0.05, 0.1) is 22.3 Å². The van der Waals surface area contributed by atoms with Crippen molar-refractivity contribution in [3.05, 3.63) is 22.2 Å². The van der Waals surface area contributed by atoms with E-state index in [4.69, 9.17) is 23.2 Å². The Bertz CT molecular complexity index is 589. The van der Waals surface area contributed by atoms with Crippen molar-refractivity contribution < 1.29 is 12.8 Å². The maximum Gasteiger partial charge on any atom is 0.285 e. The average Bonchev–Trinajstić information content (AvgIpc) is 2.26. The maximum absolute atomic E-state index is 12.3. The third-order valence-electron chi connectivity index (χ3n) is 2.24. The fourth-order valence-corrected chi connectivity index (χ4v) is 2.90. The molecule has 1 aliphatic heterocycles. The molecule has 0 atom stereocenters. The summed E-state index contributed by atoms with van der Waals surface area (Å²) in [5.41, 5.74) is 0.284. The van der Waals surface area contributed by atoms with Crippen LogP contribution >= 0.6 is 23.2 Å². The van der Waals surface area contributed by atoms with Gasteiger partial charge in [-0.1, -0.05) is 23.2 Å². The highest BCUT2D eigenvalue weighted by atomic mass is 35.5. The lowest BCUT2D eigenvalue weighted by molar-refractivity contribution is 0.503. The first-order valence-electron chi connectivity index (χ1n) is 4.58. The minimum Gasteiger partial charge on any atom is -0.328 e. The van der Waals surface area contributed by atoms with Crippen molar-refractivity contribution in [2.45, 2.75) is 4.90 Å². The summed E-state index contributed by atoms with van der Waals surface area (Å²) in [6.07, 6.45) is 1.07. The van der Waals surface area contributed by atoms with E-state index < -0.39 is 16.7 Å². The van der Waals surface area contributed by atoms with Gasteiger partial charge in [0, 0.05) is 0 Å². The SMILES string of the molecule is O=S1(=O)N=CN(CCF)c2cc(Cl)c(Cl)cc21. The number of hydrogen-bond donors (Lipinski definition) is 0. The molecule has 0 radical (unpaired) electrons. The molecule has 0 saturated carbocycles. The lowest BCUT2D eigenvalue weighted by Gasteiger charge is -2.24. The van der Waals surface area contributed by atoms with Gasteiger partial charge in [-0.05, 0) is 12.1 Å². The molecule has 0 aliphatic carbocycles. The Morgan fingerprint density at radius 1 is 1.29 bits per heavy atom. The normalized spacial score (nSPS) is 17.0. The summed E-state index contributed by atoms with van der Waals surface area (Å²) in [5, 5.41) is 0.325. The van der Waals surface area contributed by atoms with Crippen molar-refractivity contribution in [1.29, 1.82) is 0 Å². The third kappa shape index (κ3) is 2.25. The molecule has 0 unspecified atom stereocenters. The predicted octanol–water partition coefficient (Wildman–Crippen LogP) is 2.50. The van der Waals surface area contributed by atoms with E-state index in [1.165, 1.54) is 17.0 Å². The molecule has 0 aromatic heterocycles. The second-order valence-electron chi connectivity index (χ2n) is 3.31. The van der Waals surface area contributed by atoms with Crippen LogP contribution in [0.5, 0.6) is 0 Å². The first kappa shape index (κ1) is 12.6. The number of anilines is 1. The molecule has 92 valence electrons. The number of benzene rings is 1. The van der Waals surface area contributed by atoms with E-state index in [0.717, 1.165) is 6.34 Å². The molecule has 1 aliphatic rings.